The lowest BCUT2D eigenvalue weighted by molar-refractivity contribution is 0.246. The molecule has 1 aromatic rings. The summed E-state index contributed by atoms with van der Waals surface area (Å²) in [6.07, 6.45) is 0.198. The molecule has 0 fully saturated rings. The van der Waals surface area contributed by atoms with Crippen LogP contribution in [0.3, 0.4) is 0 Å². The second-order valence-electron chi connectivity index (χ2n) is 2.51. The summed E-state index contributed by atoms with van der Waals surface area (Å²) in [7, 11) is 0. The minimum atomic E-state index is 0.198. The predicted molar refractivity (Wildman–Crippen MR) is 58.0 cm³/mol. The van der Waals surface area contributed by atoms with Crippen molar-refractivity contribution < 1.29 is 4.74 Å². The molecule has 0 radical (unpaired) electrons. The summed E-state index contributed by atoms with van der Waals surface area (Å²) in [4.78, 5) is 0. The Labute approximate surface area is 89.4 Å². The summed E-state index contributed by atoms with van der Waals surface area (Å²) in [5, 5.41) is 0.842. The van der Waals surface area contributed by atoms with Crippen LogP contribution in [0, 0.1) is 0 Å². The quantitative estimate of drug-likeness (QED) is 0.774. The maximum atomic E-state index is 5.60. The van der Waals surface area contributed by atoms with Gasteiger partial charge in [-0.25, -0.2) is 0 Å². The smallest absolute Gasteiger partial charge is 0.133 e. The summed E-state index contributed by atoms with van der Waals surface area (Å²) in [5.74, 6) is 0.893. The molecule has 12 heavy (non-hydrogen) atoms. The van der Waals surface area contributed by atoms with Crippen molar-refractivity contribution in [3.8, 4) is 5.75 Å². The van der Waals surface area contributed by atoms with Crippen molar-refractivity contribution in [2.75, 3.05) is 5.33 Å². The third kappa shape index (κ3) is 2.79. The number of alkyl halides is 1. The van der Waals surface area contributed by atoms with Crippen LogP contribution in [0.5, 0.6) is 5.75 Å². The van der Waals surface area contributed by atoms with Crippen LogP contribution in [0.15, 0.2) is 28.7 Å². The van der Waals surface area contributed by atoms with E-state index in [0.717, 1.165) is 15.6 Å². The summed E-state index contributed by atoms with van der Waals surface area (Å²) in [6, 6.07) is 7.84. The summed E-state index contributed by atoms with van der Waals surface area (Å²) in [5.41, 5.74) is 0. The zero-order chi connectivity index (χ0) is 8.97. The Balaban J connectivity index is 2.69. The van der Waals surface area contributed by atoms with Crippen LogP contribution in [0.4, 0.5) is 0 Å². The van der Waals surface area contributed by atoms with Gasteiger partial charge in [-0.15, -0.1) is 0 Å². The van der Waals surface area contributed by atoms with E-state index in [2.05, 4.69) is 31.9 Å². The van der Waals surface area contributed by atoms with E-state index in [1.807, 2.05) is 31.2 Å². The molecule has 1 unspecified atom stereocenters. The van der Waals surface area contributed by atoms with Crippen molar-refractivity contribution in [3.05, 3.63) is 28.7 Å². The third-order valence-corrected chi connectivity index (χ3v) is 2.95. The van der Waals surface area contributed by atoms with Gasteiger partial charge in [0.15, 0.2) is 0 Å². The lowest BCUT2D eigenvalue weighted by Gasteiger charge is -2.12. The fraction of sp³-hybridized carbons (Fsp3) is 0.333. The van der Waals surface area contributed by atoms with E-state index in [1.165, 1.54) is 0 Å². The molecule has 1 aromatic carbocycles. The molecule has 0 aliphatic rings. The molecule has 1 nitrogen and oxygen atoms in total. The topological polar surface area (TPSA) is 9.23 Å². The fourth-order valence-corrected chi connectivity index (χ4v) is 1.30. The van der Waals surface area contributed by atoms with E-state index in [4.69, 9.17) is 4.74 Å². The second-order valence-corrected chi connectivity index (χ2v) is 4.02. The zero-order valence-corrected chi connectivity index (χ0v) is 9.93. The van der Waals surface area contributed by atoms with Crippen LogP contribution < -0.4 is 4.74 Å². The first-order chi connectivity index (χ1) is 5.74. The first kappa shape index (κ1) is 10.1. The Kier molecular flexibility index (Phi) is 4.09. The van der Waals surface area contributed by atoms with Gasteiger partial charge < -0.3 is 4.74 Å². The highest BCUT2D eigenvalue weighted by molar-refractivity contribution is 9.10. The SMILES string of the molecule is CC(CBr)Oc1ccccc1Br. The molecule has 0 heterocycles. The van der Waals surface area contributed by atoms with Crippen molar-refractivity contribution in [1.82, 2.24) is 0 Å². The Hall–Kier alpha value is -0.0200. The predicted octanol–water partition coefficient (Wildman–Crippen LogP) is 3.61. The molecule has 0 bridgehead atoms. The van der Waals surface area contributed by atoms with Gasteiger partial charge in [0.2, 0.25) is 0 Å². The molecule has 0 aliphatic heterocycles. The molecule has 1 atom stereocenters. The molecule has 0 aliphatic carbocycles. The maximum absolute atomic E-state index is 5.60. The van der Waals surface area contributed by atoms with Gasteiger partial charge in [-0.3, -0.25) is 0 Å². The number of ether oxygens (including phenoxy) is 1. The van der Waals surface area contributed by atoms with Crippen molar-refractivity contribution in [3.63, 3.8) is 0 Å². The molecule has 3 heteroatoms. The minimum Gasteiger partial charge on any atom is -0.489 e. The Morgan fingerprint density at radius 2 is 2.08 bits per heavy atom. The van der Waals surface area contributed by atoms with E-state index in [0.29, 0.717) is 0 Å². The van der Waals surface area contributed by atoms with E-state index < -0.39 is 0 Å². The Bertz CT molecular complexity index is 250. The number of rotatable bonds is 3. The van der Waals surface area contributed by atoms with Crippen molar-refractivity contribution in [2.24, 2.45) is 0 Å². The van der Waals surface area contributed by atoms with Gasteiger partial charge in [0, 0.05) is 5.33 Å². The number of para-hydroxylation sites is 1. The fourth-order valence-electron chi connectivity index (χ4n) is 0.789. The highest BCUT2D eigenvalue weighted by Crippen LogP contribution is 2.24. The Morgan fingerprint density at radius 1 is 1.42 bits per heavy atom. The molecule has 0 N–H and O–H groups in total. The number of benzene rings is 1. The number of hydrogen-bond donors (Lipinski definition) is 0. The van der Waals surface area contributed by atoms with E-state index in [9.17, 15) is 0 Å². The van der Waals surface area contributed by atoms with Crippen LogP contribution >= 0.6 is 31.9 Å². The summed E-state index contributed by atoms with van der Waals surface area (Å²) >= 11 is 6.77. The molecule has 0 aromatic heterocycles. The molecule has 1 rings (SSSR count). The summed E-state index contributed by atoms with van der Waals surface area (Å²) < 4.78 is 6.60. The first-order valence-electron chi connectivity index (χ1n) is 3.71. The highest BCUT2D eigenvalue weighted by atomic mass is 79.9. The average molecular weight is 294 g/mol. The molecular formula is C9H10Br2O. The van der Waals surface area contributed by atoms with Gasteiger partial charge in [0.1, 0.15) is 11.9 Å². The molecule has 0 spiro atoms. The highest BCUT2D eigenvalue weighted by Gasteiger charge is 2.03. The lowest BCUT2D eigenvalue weighted by Crippen LogP contribution is -2.12. The molecule has 0 saturated heterocycles. The van der Waals surface area contributed by atoms with E-state index >= 15 is 0 Å². The standard InChI is InChI=1S/C9H10Br2O/c1-7(6-10)12-9-5-3-2-4-8(9)11/h2-5,7H,6H2,1H3. The van der Waals surface area contributed by atoms with Crippen molar-refractivity contribution in [1.29, 1.82) is 0 Å². The first-order valence-corrected chi connectivity index (χ1v) is 5.62. The monoisotopic (exact) mass is 292 g/mol. The van der Waals surface area contributed by atoms with Gasteiger partial charge in [-0.1, -0.05) is 28.1 Å². The van der Waals surface area contributed by atoms with Gasteiger partial charge in [-0.05, 0) is 35.0 Å². The van der Waals surface area contributed by atoms with E-state index in [-0.39, 0.29) is 6.10 Å². The van der Waals surface area contributed by atoms with Gasteiger partial charge >= 0.3 is 0 Å². The van der Waals surface area contributed by atoms with E-state index in [1.54, 1.807) is 0 Å². The van der Waals surface area contributed by atoms with Crippen LogP contribution in [-0.2, 0) is 0 Å². The Morgan fingerprint density at radius 3 is 2.67 bits per heavy atom. The molecule has 0 amide bonds. The second kappa shape index (κ2) is 4.87. The normalized spacial score (nSPS) is 12.6. The number of halogens is 2. The average Bonchev–Trinajstić information content (AvgIpc) is 2.09. The molecule has 0 saturated carbocycles. The van der Waals surface area contributed by atoms with Crippen LogP contribution in [0.25, 0.3) is 0 Å². The van der Waals surface area contributed by atoms with Crippen molar-refractivity contribution >= 4 is 31.9 Å². The number of hydrogen-bond acceptors (Lipinski definition) is 1. The van der Waals surface area contributed by atoms with Crippen LogP contribution in [0.1, 0.15) is 6.92 Å². The zero-order valence-electron chi connectivity index (χ0n) is 6.76. The van der Waals surface area contributed by atoms with Crippen LogP contribution in [-0.4, -0.2) is 11.4 Å². The maximum Gasteiger partial charge on any atom is 0.133 e. The van der Waals surface area contributed by atoms with Gasteiger partial charge in [0.25, 0.3) is 0 Å². The molecule has 66 valence electrons. The van der Waals surface area contributed by atoms with Crippen LogP contribution in [0.2, 0.25) is 0 Å². The lowest BCUT2D eigenvalue weighted by atomic mass is 10.3. The third-order valence-electron chi connectivity index (χ3n) is 1.38. The molecular weight excluding hydrogens is 284 g/mol. The largest absolute Gasteiger partial charge is 0.489 e. The minimum absolute atomic E-state index is 0.198. The van der Waals surface area contributed by atoms with Gasteiger partial charge in [0.05, 0.1) is 4.47 Å². The van der Waals surface area contributed by atoms with Gasteiger partial charge in [-0.2, -0.15) is 0 Å². The van der Waals surface area contributed by atoms with Crippen molar-refractivity contribution in [2.45, 2.75) is 13.0 Å². The summed E-state index contributed by atoms with van der Waals surface area (Å²) in [6.45, 7) is 2.02.